The summed E-state index contributed by atoms with van der Waals surface area (Å²) in [6.45, 7) is 5.26. The van der Waals surface area contributed by atoms with Crippen molar-refractivity contribution < 1.29 is 9.47 Å². The van der Waals surface area contributed by atoms with E-state index in [1.165, 1.54) is 4.68 Å². The van der Waals surface area contributed by atoms with Crippen LogP contribution in [0.25, 0.3) is 22.6 Å². The molecule has 4 aromatic rings. The van der Waals surface area contributed by atoms with Gasteiger partial charge in [0.15, 0.2) is 5.75 Å². The second-order valence-electron chi connectivity index (χ2n) is 8.86. The number of rotatable bonds is 8. The van der Waals surface area contributed by atoms with Crippen LogP contribution in [0.1, 0.15) is 24.1 Å². The molecule has 0 spiro atoms. The SMILES string of the molecule is Cc1c(-c2cccc(OC3CC3)c2)c(C)n2c(=O)n(-c3ncc(OCCN(C)C)cn3)ncc12. The predicted octanol–water partition coefficient (Wildman–Crippen LogP) is 3.04. The number of hydrogen-bond donors (Lipinski definition) is 0. The van der Waals surface area contributed by atoms with E-state index in [0.717, 1.165) is 53.0 Å². The molecule has 34 heavy (non-hydrogen) atoms. The van der Waals surface area contributed by atoms with Gasteiger partial charge in [-0.15, -0.1) is 4.68 Å². The van der Waals surface area contributed by atoms with Gasteiger partial charge in [0.1, 0.15) is 12.4 Å². The van der Waals surface area contributed by atoms with E-state index >= 15 is 0 Å². The van der Waals surface area contributed by atoms with Crippen molar-refractivity contribution >= 4 is 5.52 Å². The molecule has 0 bridgehead atoms. The van der Waals surface area contributed by atoms with E-state index in [1.807, 2.05) is 57.1 Å². The lowest BCUT2D eigenvalue weighted by molar-refractivity contribution is 0.260. The quantitative estimate of drug-likeness (QED) is 0.399. The van der Waals surface area contributed by atoms with E-state index in [4.69, 9.17) is 9.47 Å². The van der Waals surface area contributed by atoms with Gasteiger partial charge in [0.2, 0.25) is 0 Å². The molecule has 1 fully saturated rings. The maximum atomic E-state index is 13.4. The smallest absolute Gasteiger partial charge is 0.356 e. The second-order valence-corrected chi connectivity index (χ2v) is 8.86. The van der Waals surface area contributed by atoms with Crippen molar-refractivity contribution in [2.45, 2.75) is 32.8 Å². The maximum absolute atomic E-state index is 13.4. The third-order valence-corrected chi connectivity index (χ3v) is 5.93. The van der Waals surface area contributed by atoms with Crippen molar-refractivity contribution in [1.82, 2.24) is 29.0 Å². The fourth-order valence-corrected chi connectivity index (χ4v) is 4.02. The van der Waals surface area contributed by atoms with Crippen molar-refractivity contribution in [3.8, 4) is 28.6 Å². The van der Waals surface area contributed by atoms with E-state index in [1.54, 1.807) is 23.0 Å². The normalized spacial score (nSPS) is 13.6. The van der Waals surface area contributed by atoms with E-state index in [0.29, 0.717) is 18.5 Å². The zero-order chi connectivity index (χ0) is 23.8. The molecular weight excluding hydrogens is 432 g/mol. The van der Waals surface area contributed by atoms with Gasteiger partial charge in [0, 0.05) is 17.8 Å². The maximum Gasteiger partial charge on any atom is 0.356 e. The Morgan fingerprint density at radius 2 is 1.85 bits per heavy atom. The van der Waals surface area contributed by atoms with Crippen LogP contribution in [0, 0.1) is 13.8 Å². The van der Waals surface area contributed by atoms with Gasteiger partial charge in [-0.25, -0.2) is 14.8 Å². The van der Waals surface area contributed by atoms with Crippen LogP contribution >= 0.6 is 0 Å². The van der Waals surface area contributed by atoms with Crippen molar-refractivity contribution in [1.29, 1.82) is 0 Å². The Bertz CT molecular complexity index is 1390. The zero-order valence-electron chi connectivity index (χ0n) is 19.9. The Labute approximate surface area is 197 Å². The van der Waals surface area contributed by atoms with Crippen LogP contribution in [0.4, 0.5) is 0 Å². The Balaban J connectivity index is 1.49. The minimum Gasteiger partial charge on any atom is -0.490 e. The molecule has 9 nitrogen and oxygen atoms in total. The first kappa shape index (κ1) is 22.1. The summed E-state index contributed by atoms with van der Waals surface area (Å²) in [5.41, 5.74) is 4.27. The van der Waals surface area contributed by atoms with Crippen LogP contribution in [0.3, 0.4) is 0 Å². The number of aryl methyl sites for hydroxylation is 2. The summed E-state index contributed by atoms with van der Waals surface area (Å²) in [4.78, 5) is 24.0. The predicted molar refractivity (Wildman–Crippen MR) is 129 cm³/mol. The molecule has 0 atom stereocenters. The highest BCUT2D eigenvalue weighted by molar-refractivity contribution is 5.79. The first-order valence-electron chi connectivity index (χ1n) is 11.4. The summed E-state index contributed by atoms with van der Waals surface area (Å²) in [6, 6.07) is 8.04. The average molecular weight is 461 g/mol. The Morgan fingerprint density at radius 1 is 1.09 bits per heavy atom. The molecule has 0 aliphatic heterocycles. The molecule has 1 aliphatic carbocycles. The van der Waals surface area contributed by atoms with Gasteiger partial charge in [0.25, 0.3) is 5.95 Å². The molecule has 9 heteroatoms. The summed E-state index contributed by atoms with van der Waals surface area (Å²) in [5.74, 6) is 1.59. The van der Waals surface area contributed by atoms with Gasteiger partial charge in [-0.3, -0.25) is 4.40 Å². The van der Waals surface area contributed by atoms with E-state index < -0.39 is 0 Å². The second kappa shape index (κ2) is 8.90. The molecule has 3 heterocycles. The molecule has 0 amide bonds. The molecular formula is C25H28N6O3. The standard InChI is InChI=1S/C25H28N6O3/c1-16-22-15-28-31(24-26-13-21(14-27-24)33-11-10-29(3)4)25(32)30(22)17(2)23(16)18-6-5-7-20(12-18)34-19-8-9-19/h5-7,12-15,19H,8-11H2,1-4H3. The summed E-state index contributed by atoms with van der Waals surface area (Å²) in [6.07, 6.45) is 7.33. The molecule has 1 aliphatic rings. The third-order valence-electron chi connectivity index (χ3n) is 5.93. The van der Waals surface area contributed by atoms with Crippen LogP contribution in [0.2, 0.25) is 0 Å². The lowest BCUT2D eigenvalue weighted by Gasteiger charge is -2.10. The van der Waals surface area contributed by atoms with E-state index in [9.17, 15) is 4.79 Å². The van der Waals surface area contributed by atoms with Crippen molar-refractivity contribution in [3.63, 3.8) is 0 Å². The number of fused-ring (bicyclic) bond motifs is 1. The van der Waals surface area contributed by atoms with Crippen LogP contribution in [0.5, 0.6) is 11.5 Å². The number of hydrogen-bond acceptors (Lipinski definition) is 7. The molecule has 1 aromatic carbocycles. The first-order valence-corrected chi connectivity index (χ1v) is 11.4. The van der Waals surface area contributed by atoms with Crippen molar-refractivity contribution in [3.05, 3.63) is 64.6 Å². The molecule has 0 saturated heterocycles. The monoisotopic (exact) mass is 460 g/mol. The molecule has 0 N–H and O–H groups in total. The minimum absolute atomic E-state index is 0.194. The highest BCUT2D eigenvalue weighted by Crippen LogP contribution is 2.34. The lowest BCUT2D eigenvalue weighted by Crippen LogP contribution is -2.29. The lowest BCUT2D eigenvalue weighted by atomic mass is 10.0. The van der Waals surface area contributed by atoms with E-state index in [2.05, 4.69) is 15.1 Å². The van der Waals surface area contributed by atoms with Crippen LogP contribution in [-0.4, -0.2) is 62.4 Å². The van der Waals surface area contributed by atoms with Gasteiger partial charge in [-0.1, -0.05) is 12.1 Å². The number of likely N-dealkylation sites (N-methyl/N-ethyl adjacent to an activating group) is 1. The molecule has 3 aromatic heterocycles. The first-order chi connectivity index (χ1) is 16.4. The topological polar surface area (TPSA) is 86.8 Å². The average Bonchev–Trinajstić information content (AvgIpc) is 3.59. The number of aromatic nitrogens is 5. The minimum atomic E-state index is -0.323. The number of nitrogens with zero attached hydrogens (tertiary/aromatic N) is 6. The Hall–Kier alpha value is -3.72. The number of ether oxygens (including phenoxy) is 2. The fourth-order valence-electron chi connectivity index (χ4n) is 4.02. The van der Waals surface area contributed by atoms with Crippen molar-refractivity contribution in [2.24, 2.45) is 0 Å². The van der Waals surface area contributed by atoms with Crippen molar-refractivity contribution in [2.75, 3.05) is 27.2 Å². The summed E-state index contributed by atoms with van der Waals surface area (Å²) in [5, 5.41) is 4.35. The summed E-state index contributed by atoms with van der Waals surface area (Å²) < 4.78 is 14.5. The third kappa shape index (κ3) is 4.26. The zero-order valence-corrected chi connectivity index (χ0v) is 19.9. The molecule has 176 valence electrons. The van der Waals surface area contributed by atoms with Gasteiger partial charge in [-0.05, 0) is 64.0 Å². The number of benzene rings is 1. The molecule has 1 saturated carbocycles. The van der Waals surface area contributed by atoms with Gasteiger partial charge >= 0.3 is 5.69 Å². The van der Waals surface area contributed by atoms with Crippen LogP contribution in [0.15, 0.2) is 47.7 Å². The van der Waals surface area contributed by atoms with Gasteiger partial charge in [0.05, 0.1) is 30.2 Å². The van der Waals surface area contributed by atoms with Gasteiger partial charge in [-0.2, -0.15) is 5.10 Å². The van der Waals surface area contributed by atoms with E-state index in [-0.39, 0.29) is 11.6 Å². The summed E-state index contributed by atoms with van der Waals surface area (Å²) in [7, 11) is 3.96. The van der Waals surface area contributed by atoms with Gasteiger partial charge < -0.3 is 14.4 Å². The highest BCUT2D eigenvalue weighted by atomic mass is 16.5. The molecule has 0 radical (unpaired) electrons. The molecule has 5 rings (SSSR count). The molecule has 0 unspecified atom stereocenters. The highest BCUT2D eigenvalue weighted by Gasteiger charge is 2.24. The Kier molecular flexibility index (Phi) is 5.79. The Morgan fingerprint density at radius 3 is 2.56 bits per heavy atom. The largest absolute Gasteiger partial charge is 0.490 e. The summed E-state index contributed by atoms with van der Waals surface area (Å²) >= 11 is 0. The van der Waals surface area contributed by atoms with Crippen LogP contribution in [-0.2, 0) is 0 Å². The van der Waals surface area contributed by atoms with Crippen LogP contribution < -0.4 is 15.2 Å². The fraction of sp³-hybridized carbons (Fsp3) is 0.360.